The lowest BCUT2D eigenvalue weighted by Gasteiger charge is -2.32. The van der Waals surface area contributed by atoms with E-state index in [9.17, 15) is 4.79 Å². The van der Waals surface area contributed by atoms with E-state index in [1.54, 1.807) is 6.07 Å². The quantitative estimate of drug-likeness (QED) is 0.743. The Bertz CT molecular complexity index is 838. The summed E-state index contributed by atoms with van der Waals surface area (Å²) in [7, 11) is -0.496. The van der Waals surface area contributed by atoms with Crippen molar-refractivity contribution in [2.24, 2.45) is 5.73 Å². The SMILES string of the molecule is CC1(C)OB(C(=Cc2ccc3cc(C(=O)O)[nH]c3c2)CN)OC1(C)C. The van der Waals surface area contributed by atoms with Crippen molar-refractivity contribution >= 4 is 30.1 Å². The highest BCUT2D eigenvalue weighted by Gasteiger charge is 2.52. The van der Waals surface area contributed by atoms with Crippen LogP contribution in [0.3, 0.4) is 0 Å². The van der Waals surface area contributed by atoms with Gasteiger partial charge in [-0.1, -0.05) is 18.2 Å². The third kappa shape index (κ3) is 3.22. The van der Waals surface area contributed by atoms with E-state index < -0.39 is 24.3 Å². The van der Waals surface area contributed by atoms with Gasteiger partial charge in [-0.05, 0) is 50.9 Å². The van der Waals surface area contributed by atoms with Crippen LogP contribution in [0.1, 0.15) is 43.7 Å². The molecular formula is C18H23BN2O4. The van der Waals surface area contributed by atoms with Gasteiger partial charge in [0, 0.05) is 17.4 Å². The number of carboxylic acids is 1. The van der Waals surface area contributed by atoms with Crippen LogP contribution < -0.4 is 5.73 Å². The molecule has 3 rings (SSSR count). The molecule has 132 valence electrons. The van der Waals surface area contributed by atoms with Crippen LogP contribution in [0, 0.1) is 0 Å². The number of benzene rings is 1. The normalized spacial score (nSPS) is 19.6. The van der Waals surface area contributed by atoms with Gasteiger partial charge in [0.25, 0.3) is 0 Å². The van der Waals surface area contributed by atoms with Gasteiger partial charge in [-0.2, -0.15) is 0 Å². The molecule has 1 aromatic carbocycles. The number of hydrogen-bond acceptors (Lipinski definition) is 4. The number of carbonyl (C=O) groups is 1. The highest BCUT2D eigenvalue weighted by atomic mass is 16.7. The molecule has 0 spiro atoms. The monoisotopic (exact) mass is 342 g/mol. The summed E-state index contributed by atoms with van der Waals surface area (Å²) in [5, 5.41) is 9.93. The van der Waals surface area contributed by atoms with E-state index in [-0.39, 0.29) is 5.69 Å². The fourth-order valence-electron chi connectivity index (χ4n) is 2.78. The molecular weight excluding hydrogens is 319 g/mol. The number of aromatic amines is 1. The Balaban J connectivity index is 1.92. The molecule has 1 aromatic heterocycles. The van der Waals surface area contributed by atoms with Crippen molar-refractivity contribution in [2.75, 3.05) is 6.54 Å². The number of fused-ring (bicyclic) bond motifs is 1. The minimum atomic E-state index is -0.979. The van der Waals surface area contributed by atoms with Gasteiger partial charge >= 0.3 is 13.1 Å². The van der Waals surface area contributed by atoms with Gasteiger partial charge < -0.3 is 25.1 Å². The highest BCUT2D eigenvalue weighted by molar-refractivity contribution is 6.55. The average Bonchev–Trinajstić information content (AvgIpc) is 3.03. The first-order chi connectivity index (χ1) is 11.6. The Hall–Kier alpha value is -2.09. The van der Waals surface area contributed by atoms with E-state index in [1.807, 2.05) is 52.0 Å². The summed E-state index contributed by atoms with van der Waals surface area (Å²) >= 11 is 0. The predicted molar refractivity (Wildman–Crippen MR) is 98.4 cm³/mol. The topological polar surface area (TPSA) is 97.6 Å². The van der Waals surface area contributed by atoms with Crippen LogP contribution >= 0.6 is 0 Å². The summed E-state index contributed by atoms with van der Waals surface area (Å²) < 4.78 is 12.1. The highest BCUT2D eigenvalue weighted by Crippen LogP contribution is 2.38. The van der Waals surface area contributed by atoms with Crippen molar-refractivity contribution < 1.29 is 19.2 Å². The Labute approximate surface area is 147 Å². The molecule has 6 nitrogen and oxygen atoms in total. The maximum absolute atomic E-state index is 11.1. The Morgan fingerprint density at radius 2 is 1.88 bits per heavy atom. The first-order valence-corrected chi connectivity index (χ1v) is 8.25. The van der Waals surface area contributed by atoms with Crippen molar-refractivity contribution in [3.05, 3.63) is 41.0 Å². The molecule has 7 heteroatoms. The molecule has 1 fully saturated rings. The van der Waals surface area contributed by atoms with E-state index in [0.29, 0.717) is 6.54 Å². The molecule has 1 aliphatic heterocycles. The lowest BCUT2D eigenvalue weighted by molar-refractivity contribution is 0.00578. The van der Waals surface area contributed by atoms with Crippen LogP contribution in [0.25, 0.3) is 17.0 Å². The van der Waals surface area contributed by atoms with Crippen LogP contribution in [0.4, 0.5) is 0 Å². The van der Waals surface area contributed by atoms with E-state index in [0.717, 1.165) is 21.9 Å². The van der Waals surface area contributed by atoms with Crippen molar-refractivity contribution in [1.82, 2.24) is 4.98 Å². The Kier molecular flexibility index (Phi) is 4.27. The third-order valence-electron chi connectivity index (χ3n) is 5.02. The van der Waals surface area contributed by atoms with Gasteiger partial charge in [-0.25, -0.2) is 4.79 Å². The van der Waals surface area contributed by atoms with Gasteiger partial charge in [0.15, 0.2) is 0 Å². The number of carboxylic acid groups (broad SMARTS) is 1. The number of H-pyrrole nitrogens is 1. The number of aromatic carboxylic acids is 1. The molecule has 1 saturated heterocycles. The van der Waals surface area contributed by atoms with Gasteiger partial charge in [-0.3, -0.25) is 0 Å². The number of aromatic nitrogens is 1. The average molecular weight is 342 g/mol. The number of rotatable bonds is 4. The summed E-state index contributed by atoms with van der Waals surface area (Å²) in [6.07, 6.45) is 1.93. The van der Waals surface area contributed by atoms with Gasteiger partial charge in [0.2, 0.25) is 0 Å². The van der Waals surface area contributed by atoms with Gasteiger partial charge in [0.1, 0.15) is 5.69 Å². The first kappa shape index (κ1) is 17.7. The maximum atomic E-state index is 11.1. The van der Waals surface area contributed by atoms with Gasteiger partial charge in [-0.15, -0.1) is 0 Å². The molecule has 1 aliphatic rings. The molecule has 0 bridgehead atoms. The lowest BCUT2D eigenvalue weighted by atomic mass is 9.77. The van der Waals surface area contributed by atoms with Crippen molar-refractivity contribution in [1.29, 1.82) is 0 Å². The fraction of sp³-hybridized carbons (Fsp3) is 0.389. The van der Waals surface area contributed by atoms with Crippen LogP contribution in [0.2, 0.25) is 0 Å². The first-order valence-electron chi connectivity index (χ1n) is 8.25. The zero-order chi connectivity index (χ0) is 18.4. The summed E-state index contributed by atoms with van der Waals surface area (Å²) in [4.78, 5) is 14.0. The zero-order valence-corrected chi connectivity index (χ0v) is 14.9. The fourth-order valence-corrected chi connectivity index (χ4v) is 2.78. The zero-order valence-electron chi connectivity index (χ0n) is 14.9. The lowest BCUT2D eigenvalue weighted by Crippen LogP contribution is -2.41. The van der Waals surface area contributed by atoms with E-state index >= 15 is 0 Å². The summed E-state index contributed by atoms with van der Waals surface area (Å²) in [6, 6.07) is 7.30. The molecule has 25 heavy (non-hydrogen) atoms. The van der Waals surface area contributed by atoms with Crippen molar-refractivity contribution in [2.45, 2.75) is 38.9 Å². The summed E-state index contributed by atoms with van der Waals surface area (Å²) in [5.74, 6) is -0.979. The van der Waals surface area contributed by atoms with Gasteiger partial charge in [0.05, 0.1) is 11.2 Å². The Morgan fingerprint density at radius 1 is 1.24 bits per heavy atom. The van der Waals surface area contributed by atoms with Crippen LogP contribution in [0.5, 0.6) is 0 Å². The largest absolute Gasteiger partial charge is 0.491 e. The standard InChI is InChI=1S/C18H23BN2O4/c1-17(2)18(3,4)25-19(24-17)13(10-20)7-11-5-6-12-9-15(16(22)23)21-14(12)8-11/h5-9,21H,10,20H2,1-4H3,(H,22,23). The second kappa shape index (κ2) is 6.02. The predicted octanol–water partition coefficient (Wildman–Crippen LogP) is 2.84. The van der Waals surface area contributed by atoms with Crippen molar-refractivity contribution in [3.8, 4) is 0 Å². The van der Waals surface area contributed by atoms with Crippen LogP contribution in [0.15, 0.2) is 29.7 Å². The Morgan fingerprint density at radius 3 is 2.44 bits per heavy atom. The smallest absolute Gasteiger partial charge is 0.477 e. The molecule has 4 N–H and O–H groups in total. The number of hydrogen-bond donors (Lipinski definition) is 3. The molecule has 0 atom stereocenters. The molecule has 0 aliphatic carbocycles. The minimum absolute atomic E-state index is 0.168. The molecule has 0 unspecified atom stereocenters. The summed E-state index contributed by atoms with van der Waals surface area (Å²) in [5.41, 5.74) is 7.74. The second-order valence-corrected chi connectivity index (χ2v) is 7.35. The maximum Gasteiger partial charge on any atom is 0.491 e. The molecule has 0 saturated carbocycles. The van der Waals surface area contributed by atoms with Crippen LogP contribution in [-0.4, -0.2) is 40.9 Å². The number of nitrogens with one attached hydrogen (secondary N) is 1. The molecule has 0 amide bonds. The van der Waals surface area contributed by atoms with E-state index in [4.69, 9.17) is 20.1 Å². The van der Waals surface area contributed by atoms with Crippen LogP contribution in [-0.2, 0) is 9.31 Å². The molecule has 2 aromatic rings. The summed E-state index contributed by atoms with van der Waals surface area (Å²) in [6.45, 7) is 8.30. The molecule has 0 radical (unpaired) electrons. The molecule has 2 heterocycles. The second-order valence-electron chi connectivity index (χ2n) is 7.35. The van der Waals surface area contributed by atoms with E-state index in [2.05, 4.69) is 4.98 Å². The van der Waals surface area contributed by atoms with Crippen molar-refractivity contribution in [3.63, 3.8) is 0 Å². The third-order valence-corrected chi connectivity index (χ3v) is 5.02. The minimum Gasteiger partial charge on any atom is -0.477 e. The number of nitrogens with two attached hydrogens (primary N) is 1. The van der Waals surface area contributed by atoms with E-state index in [1.165, 1.54) is 0 Å².